The maximum Gasteiger partial charge on any atom is 0.256 e. The van der Waals surface area contributed by atoms with Crippen LogP contribution in [0.5, 0.6) is 0 Å². The molecule has 9 nitrogen and oxygen atoms in total. The van der Waals surface area contributed by atoms with Gasteiger partial charge in [-0.3, -0.25) is 9.36 Å². The molecule has 1 fully saturated rings. The average Bonchev–Trinajstić information content (AvgIpc) is 3.42. The highest BCUT2D eigenvalue weighted by Crippen LogP contribution is 2.40. The van der Waals surface area contributed by atoms with E-state index in [2.05, 4.69) is 54.1 Å². The number of anilines is 1. The van der Waals surface area contributed by atoms with Gasteiger partial charge in [0.05, 0.1) is 18.5 Å². The van der Waals surface area contributed by atoms with Gasteiger partial charge >= 0.3 is 0 Å². The van der Waals surface area contributed by atoms with E-state index in [9.17, 15) is 9.90 Å². The summed E-state index contributed by atoms with van der Waals surface area (Å²) in [4.78, 5) is 25.7. The van der Waals surface area contributed by atoms with E-state index >= 15 is 0 Å². The van der Waals surface area contributed by atoms with Crippen molar-refractivity contribution < 1.29 is 19.1 Å². The minimum atomic E-state index is -2.07. The first-order valence-corrected chi connectivity index (χ1v) is 16.4. The number of fused-ring (bicyclic) bond motifs is 1. The number of thioether (sulfide) groups is 1. The highest BCUT2D eigenvalue weighted by atomic mass is 32.2. The van der Waals surface area contributed by atoms with E-state index in [1.165, 1.54) is 6.33 Å². The Balaban J connectivity index is 1.55. The van der Waals surface area contributed by atoms with Gasteiger partial charge in [0.25, 0.3) is 5.91 Å². The smallest absolute Gasteiger partial charge is 0.256 e. The number of amides is 1. The zero-order valence-electron chi connectivity index (χ0n) is 21.6. The predicted molar refractivity (Wildman–Crippen MR) is 145 cm³/mol. The van der Waals surface area contributed by atoms with Crippen LogP contribution >= 0.6 is 11.8 Å². The Labute approximate surface area is 217 Å². The normalized spacial score (nSPS) is 21.6. The summed E-state index contributed by atoms with van der Waals surface area (Å²) in [5, 5.41) is 13.9. The summed E-state index contributed by atoms with van der Waals surface area (Å²) < 4.78 is 14.9. The molecule has 1 saturated heterocycles. The number of nitrogens with one attached hydrogen (secondary N) is 1. The van der Waals surface area contributed by atoms with Crippen LogP contribution in [0.25, 0.3) is 11.2 Å². The molecule has 0 radical (unpaired) electrons. The van der Waals surface area contributed by atoms with Crippen molar-refractivity contribution in [3.63, 3.8) is 0 Å². The van der Waals surface area contributed by atoms with Gasteiger partial charge < -0.3 is 19.6 Å². The summed E-state index contributed by atoms with van der Waals surface area (Å²) in [5.74, 6) is 0.772. The van der Waals surface area contributed by atoms with Crippen molar-refractivity contribution in [2.45, 2.75) is 69.9 Å². The van der Waals surface area contributed by atoms with E-state index in [0.717, 1.165) is 5.75 Å². The fourth-order valence-electron chi connectivity index (χ4n) is 4.02. The van der Waals surface area contributed by atoms with Gasteiger partial charge in [-0.05, 0) is 36.5 Å². The molecule has 11 heteroatoms. The molecule has 1 unspecified atom stereocenters. The molecule has 1 aromatic carbocycles. The van der Waals surface area contributed by atoms with Gasteiger partial charge in [0, 0.05) is 17.7 Å². The van der Waals surface area contributed by atoms with Crippen LogP contribution in [0.4, 0.5) is 5.82 Å². The van der Waals surface area contributed by atoms with Gasteiger partial charge in [0.2, 0.25) is 0 Å². The third kappa shape index (κ3) is 5.50. The lowest BCUT2D eigenvalue weighted by molar-refractivity contribution is -0.0692. The van der Waals surface area contributed by atoms with Crippen molar-refractivity contribution in [1.82, 2.24) is 19.5 Å². The van der Waals surface area contributed by atoms with Crippen LogP contribution in [0, 0.1) is 0 Å². The van der Waals surface area contributed by atoms with E-state index in [-0.39, 0.29) is 17.0 Å². The Morgan fingerprint density at radius 2 is 2.00 bits per heavy atom. The van der Waals surface area contributed by atoms with Crippen LogP contribution in [-0.2, 0) is 9.16 Å². The van der Waals surface area contributed by atoms with Crippen LogP contribution in [-0.4, -0.2) is 69.2 Å². The second-order valence-corrected chi connectivity index (χ2v) is 16.3. The van der Waals surface area contributed by atoms with Gasteiger partial charge in [-0.25, -0.2) is 15.0 Å². The van der Waals surface area contributed by atoms with E-state index < -0.39 is 26.8 Å². The summed E-state index contributed by atoms with van der Waals surface area (Å²) in [6.07, 6.45) is 3.59. The molecule has 4 atom stereocenters. The molecule has 0 bridgehead atoms. The first kappa shape index (κ1) is 26.7. The molecule has 1 amide bonds. The zero-order chi connectivity index (χ0) is 26.1. The molecule has 0 aliphatic carbocycles. The zero-order valence-corrected chi connectivity index (χ0v) is 23.5. The lowest BCUT2D eigenvalue weighted by atomic mass is 10.1. The number of nitrogens with zero attached hydrogens (tertiary/aromatic N) is 4. The fourth-order valence-corrected chi connectivity index (χ4v) is 6.06. The predicted octanol–water partition coefficient (Wildman–Crippen LogP) is 4.48. The molecule has 1 aliphatic heterocycles. The van der Waals surface area contributed by atoms with E-state index in [0.29, 0.717) is 29.0 Å². The number of carbonyl (C=O) groups excluding carboxylic acids is 1. The largest absolute Gasteiger partial charge is 0.410 e. The van der Waals surface area contributed by atoms with Crippen molar-refractivity contribution >= 4 is 43.0 Å². The maximum absolute atomic E-state index is 12.7. The van der Waals surface area contributed by atoms with Gasteiger partial charge in [0.15, 0.2) is 25.3 Å². The van der Waals surface area contributed by atoms with Crippen molar-refractivity contribution in [1.29, 1.82) is 0 Å². The molecular weight excluding hydrogens is 494 g/mol. The number of ether oxygens (including phenoxy) is 1. The maximum atomic E-state index is 12.7. The lowest BCUT2D eigenvalue weighted by Crippen LogP contribution is -2.50. The molecule has 2 N–H and O–H groups in total. The highest BCUT2D eigenvalue weighted by molar-refractivity contribution is 7.98. The monoisotopic (exact) mass is 529 g/mol. The molecular formula is C25H35N5O4SSi. The second kappa shape index (κ2) is 10.6. The second-order valence-electron chi connectivity index (χ2n) is 10.6. The number of hydrogen-bond donors (Lipinski definition) is 2. The summed E-state index contributed by atoms with van der Waals surface area (Å²) in [6, 6.07) is 8.93. The molecule has 194 valence electrons. The number of benzene rings is 1. The summed E-state index contributed by atoms with van der Waals surface area (Å²) >= 11 is 1.68. The molecule has 0 spiro atoms. The topological polar surface area (TPSA) is 111 Å². The molecule has 1 aliphatic rings. The lowest BCUT2D eigenvalue weighted by Gasteiger charge is -2.41. The number of carbonyl (C=O) groups is 1. The van der Waals surface area contributed by atoms with Gasteiger partial charge in [0.1, 0.15) is 18.7 Å². The quantitative estimate of drug-likeness (QED) is 0.411. The Bertz CT molecular complexity index is 1200. The van der Waals surface area contributed by atoms with Gasteiger partial charge in [-0.15, -0.1) is 0 Å². The van der Waals surface area contributed by atoms with Crippen molar-refractivity contribution in [2.75, 3.05) is 17.3 Å². The van der Waals surface area contributed by atoms with Crippen LogP contribution < -0.4 is 5.32 Å². The van der Waals surface area contributed by atoms with Crippen LogP contribution in [0.2, 0.25) is 18.1 Å². The molecule has 3 heterocycles. The Kier molecular flexibility index (Phi) is 7.86. The van der Waals surface area contributed by atoms with Crippen molar-refractivity contribution in [2.24, 2.45) is 0 Å². The number of aromatic nitrogens is 4. The highest BCUT2D eigenvalue weighted by Gasteiger charge is 2.46. The minimum Gasteiger partial charge on any atom is -0.410 e. The van der Waals surface area contributed by atoms with Crippen molar-refractivity contribution in [3.8, 4) is 0 Å². The van der Waals surface area contributed by atoms with Crippen LogP contribution in [0.1, 0.15) is 43.8 Å². The van der Waals surface area contributed by atoms with Crippen LogP contribution in [0.15, 0.2) is 43.0 Å². The number of aliphatic hydroxyl groups is 1. The average molecular weight is 530 g/mol. The minimum absolute atomic E-state index is 0.0463. The molecule has 36 heavy (non-hydrogen) atoms. The molecule has 3 aromatic rings. The Morgan fingerprint density at radius 3 is 2.67 bits per heavy atom. The van der Waals surface area contributed by atoms with Gasteiger partial charge in [-0.1, -0.05) is 39.0 Å². The van der Waals surface area contributed by atoms with E-state index in [1.807, 2.05) is 12.3 Å². The molecule has 0 saturated carbocycles. The number of rotatable bonds is 8. The molecule has 4 rings (SSSR count). The number of imidazole rings is 1. The van der Waals surface area contributed by atoms with E-state index in [1.54, 1.807) is 46.9 Å². The summed E-state index contributed by atoms with van der Waals surface area (Å²) in [5.41, 5.74) is 1.51. The summed E-state index contributed by atoms with van der Waals surface area (Å²) in [7, 11) is -2.07. The first-order chi connectivity index (χ1) is 17.0. The number of aliphatic hydroxyl groups excluding tert-OH is 1. The molecule has 2 aromatic heterocycles. The van der Waals surface area contributed by atoms with E-state index in [4.69, 9.17) is 9.16 Å². The van der Waals surface area contributed by atoms with Crippen molar-refractivity contribution in [3.05, 3.63) is 48.5 Å². The van der Waals surface area contributed by atoms with Crippen LogP contribution in [0.3, 0.4) is 0 Å². The SMILES string of the molecule is CSCC(O[Si](C)(C)C(C)(C)C)[C@H]1O[C@@H](n2cnc3c(NC(=O)c4ccccc4)ncnc32)C[C@H]1O. The fraction of sp³-hybridized carbons (Fsp3) is 0.520. The summed E-state index contributed by atoms with van der Waals surface area (Å²) in [6.45, 7) is 11.0. The third-order valence-corrected chi connectivity index (χ3v) is 12.2. The number of hydrogen-bond acceptors (Lipinski definition) is 8. The standard InChI is InChI=1S/C25H35N5O4SSi/c1-25(2,3)36(5,6)34-18(13-35-4)21-17(31)12-19(33-21)30-15-28-20-22(26-14-27-23(20)30)29-24(32)16-10-8-7-9-11-16/h7-11,14-15,17-19,21,31H,12-13H2,1-6H3,(H,26,27,29,32)/t17-,18?,19-,21+/m1/s1. The van der Waals surface area contributed by atoms with Gasteiger partial charge in [-0.2, -0.15) is 11.8 Å². The third-order valence-electron chi connectivity index (χ3n) is 7.02. The first-order valence-electron chi connectivity index (χ1n) is 12.1. The Hall–Kier alpha value is -2.31. The Morgan fingerprint density at radius 1 is 1.28 bits per heavy atom.